The van der Waals surface area contributed by atoms with Crippen molar-refractivity contribution in [1.29, 1.82) is 0 Å². The summed E-state index contributed by atoms with van der Waals surface area (Å²) < 4.78 is 6.95. The van der Waals surface area contributed by atoms with Gasteiger partial charge in [-0.15, -0.1) is 0 Å². The lowest BCUT2D eigenvalue weighted by atomic mass is 10.2. The summed E-state index contributed by atoms with van der Waals surface area (Å²) in [5, 5.41) is 12.8. The molecule has 0 fully saturated rings. The summed E-state index contributed by atoms with van der Waals surface area (Å²) >= 11 is 0. The minimum absolute atomic E-state index is 0.285. The third kappa shape index (κ3) is 2.95. The molecule has 0 bridgehead atoms. The van der Waals surface area contributed by atoms with Gasteiger partial charge < -0.3 is 9.84 Å². The number of carboxylic acids is 1. The quantitative estimate of drug-likeness (QED) is 0.874. The first-order valence-corrected chi connectivity index (χ1v) is 5.60. The van der Waals surface area contributed by atoms with E-state index < -0.39 is 12.1 Å². The summed E-state index contributed by atoms with van der Waals surface area (Å²) in [6, 6.07) is 9.47. The van der Waals surface area contributed by atoms with Crippen LogP contribution in [0.3, 0.4) is 0 Å². The fraction of sp³-hybridized carbons (Fsp3) is 0.231. The number of aromatic nitrogens is 2. The Morgan fingerprint density at radius 2 is 2.17 bits per heavy atom. The van der Waals surface area contributed by atoms with Gasteiger partial charge in [0.05, 0.1) is 12.3 Å². The molecule has 0 aliphatic heterocycles. The van der Waals surface area contributed by atoms with Crippen molar-refractivity contribution in [2.45, 2.75) is 19.6 Å². The Kier molecular flexibility index (Phi) is 3.74. The lowest BCUT2D eigenvalue weighted by Gasteiger charge is -2.09. The average molecular weight is 246 g/mol. The number of carbonyl (C=O) groups is 1. The van der Waals surface area contributed by atoms with Crippen molar-refractivity contribution < 1.29 is 14.6 Å². The van der Waals surface area contributed by atoms with E-state index in [2.05, 4.69) is 5.10 Å². The maximum atomic E-state index is 10.6. The molecule has 0 saturated heterocycles. The highest BCUT2D eigenvalue weighted by atomic mass is 16.5. The van der Waals surface area contributed by atoms with Crippen LogP contribution in [0.25, 0.3) is 5.69 Å². The molecule has 5 nitrogen and oxygen atoms in total. The van der Waals surface area contributed by atoms with E-state index in [0.717, 1.165) is 11.3 Å². The highest BCUT2D eigenvalue weighted by molar-refractivity contribution is 5.71. The smallest absolute Gasteiger partial charge is 0.332 e. The minimum atomic E-state index is -0.955. The van der Waals surface area contributed by atoms with Crippen molar-refractivity contribution in [3.8, 4) is 5.69 Å². The number of nitrogens with zero attached hydrogens (tertiary/aromatic N) is 2. The molecule has 2 aromatic rings. The van der Waals surface area contributed by atoms with Crippen molar-refractivity contribution in [3.05, 3.63) is 48.3 Å². The zero-order valence-electron chi connectivity index (χ0n) is 9.98. The van der Waals surface area contributed by atoms with Crippen molar-refractivity contribution in [1.82, 2.24) is 9.78 Å². The number of aliphatic carboxylic acids is 1. The predicted molar refractivity (Wildman–Crippen MR) is 65.5 cm³/mol. The van der Waals surface area contributed by atoms with Gasteiger partial charge in [-0.25, -0.2) is 9.48 Å². The molecule has 0 spiro atoms. The Morgan fingerprint density at radius 1 is 1.44 bits per heavy atom. The van der Waals surface area contributed by atoms with E-state index in [1.54, 1.807) is 10.9 Å². The number of rotatable bonds is 5. The maximum Gasteiger partial charge on any atom is 0.332 e. The molecule has 18 heavy (non-hydrogen) atoms. The fourth-order valence-electron chi connectivity index (χ4n) is 1.46. The van der Waals surface area contributed by atoms with Crippen LogP contribution in [0.4, 0.5) is 0 Å². The van der Waals surface area contributed by atoms with E-state index in [9.17, 15) is 4.79 Å². The lowest BCUT2D eigenvalue weighted by molar-refractivity contribution is -0.149. The zero-order chi connectivity index (χ0) is 13.0. The molecular weight excluding hydrogens is 232 g/mol. The van der Waals surface area contributed by atoms with Crippen molar-refractivity contribution >= 4 is 5.97 Å². The summed E-state index contributed by atoms with van der Waals surface area (Å²) in [7, 11) is 0. The maximum absolute atomic E-state index is 10.6. The molecular formula is C13H14N2O3. The van der Waals surface area contributed by atoms with Gasteiger partial charge in [0.25, 0.3) is 0 Å². The SMILES string of the molecule is CC(OCc1ccc(-n2cccn2)cc1)C(=O)O. The topological polar surface area (TPSA) is 64.4 Å². The number of benzene rings is 1. The molecule has 0 aliphatic rings. The van der Waals surface area contributed by atoms with Crippen LogP contribution in [-0.4, -0.2) is 27.0 Å². The third-order valence-corrected chi connectivity index (χ3v) is 2.55. The molecule has 1 aromatic heterocycles. The fourth-order valence-corrected chi connectivity index (χ4v) is 1.46. The monoisotopic (exact) mass is 246 g/mol. The van der Waals surface area contributed by atoms with Crippen LogP contribution in [0.2, 0.25) is 0 Å². The number of hydrogen-bond donors (Lipinski definition) is 1. The Labute approximate surface area is 105 Å². The van der Waals surface area contributed by atoms with Gasteiger partial charge >= 0.3 is 5.97 Å². The van der Waals surface area contributed by atoms with Gasteiger partial charge in [-0.2, -0.15) is 5.10 Å². The van der Waals surface area contributed by atoms with Crippen LogP contribution in [0.5, 0.6) is 0 Å². The second kappa shape index (κ2) is 5.46. The Hall–Kier alpha value is -2.14. The highest BCUT2D eigenvalue weighted by Crippen LogP contribution is 2.10. The normalized spacial score (nSPS) is 12.3. The summed E-state index contributed by atoms with van der Waals surface area (Å²) in [6.45, 7) is 1.80. The van der Waals surface area contributed by atoms with Gasteiger partial charge in [0.1, 0.15) is 0 Å². The molecule has 5 heteroatoms. The summed E-state index contributed by atoms with van der Waals surface area (Å²) in [4.78, 5) is 10.6. The number of hydrogen-bond acceptors (Lipinski definition) is 3. The summed E-state index contributed by atoms with van der Waals surface area (Å²) in [5.74, 6) is -0.955. The molecule has 1 aromatic carbocycles. The van der Waals surface area contributed by atoms with Crippen LogP contribution in [0.15, 0.2) is 42.7 Å². The van der Waals surface area contributed by atoms with Crippen molar-refractivity contribution in [3.63, 3.8) is 0 Å². The van der Waals surface area contributed by atoms with Gasteiger partial charge in [0, 0.05) is 12.4 Å². The molecule has 1 unspecified atom stereocenters. The van der Waals surface area contributed by atoms with Gasteiger partial charge in [-0.05, 0) is 30.7 Å². The van der Waals surface area contributed by atoms with Gasteiger partial charge in [-0.3, -0.25) is 0 Å². The van der Waals surface area contributed by atoms with Gasteiger partial charge in [0.15, 0.2) is 6.10 Å². The van der Waals surface area contributed by atoms with Crippen LogP contribution in [0, 0.1) is 0 Å². The molecule has 0 radical (unpaired) electrons. The lowest BCUT2D eigenvalue weighted by Crippen LogP contribution is -2.19. The van der Waals surface area contributed by atoms with Gasteiger partial charge in [-0.1, -0.05) is 12.1 Å². The molecule has 0 aliphatic carbocycles. The number of carboxylic acid groups (broad SMARTS) is 1. The Morgan fingerprint density at radius 3 is 2.72 bits per heavy atom. The van der Waals surface area contributed by atoms with E-state index in [-0.39, 0.29) is 6.61 Å². The van der Waals surface area contributed by atoms with E-state index >= 15 is 0 Å². The molecule has 1 atom stereocenters. The molecule has 94 valence electrons. The van der Waals surface area contributed by atoms with Crippen LogP contribution >= 0.6 is 0 Å². The van der Waals surface area contributed by atoms with Crippen molar-refractivity contribution in [2.24, 2.45) is 0 Å². The summed E-state index contributed by atoms with van der Waals surface area (Å²) in [5.41, 5.74) is 1.88. The second-order valence-corrected chi connectivity index (χ2v) is 3.91. The third-order valence-electron chi connectivity index (χ3n) is 2.55. The zero-order valence-corrected chi connectivity index (χ0v) is 9.98. The highest BCUT2D eigenvalue weighted by Gasteiger charge is 2.10. The van der Waals surface area contributed by atoms with E-state index in [1.165, 1.54) is 6.92 Å². The number of ether oxygens (including phenoxy) is 1. The van der Waals surface area contributed by atoms with Crippen LogP contribution < -0.4 is 0 Å². The summed E-state index contributed by atoms with van der Waals surface area (Å²) in [6.07, 6.45) is 2.78. The van der Waals surface area contributed by atoms with Gasteiger partial charge in [0.2, 0.25) is 0 Å². The van der Waals surface area contributed by atoms with E-state index in [1.807, 2.05) is 36.5 Å². The van der Waals surface area contributed by atoms with E-state index in [0.29, 0.717) is 0 Å². The first kappa shape index (κ1) is 12.3. The first-order valence-electron chi connectivity index (χ1n) is 5.60. The standard InChI is InChI=1S/C13H14N2O3/c1-10(13(16)17)18-9-11-3-5-12(6-4-11)15-8-2-7-14-15/h2-8,10H,9H2,1H3,(H,16,17). The molecule has 1 N–H and O–H groups in total. The Balaban J connectivity index is 1.98. The molecule has 0 amide bonds. The molecule has 0 saturated carbocycles. The molecule has 2 rings (SSSR count). The largest absolute Gasteiger partial charge is 0.479 e. The van der Waals surface area contributed by atoms with Crippen molar-refractivity contribution in [2.75, 3.05) is 0 Å². The molecule has 1 heterocycles. The van der Waals surface area contributed by atoms with Crippen LogP contribution in [-0.2, 0) is 16.1 Å². The average Bonchev–Trinajstić information content (AvgIpc) is 2.90. The predicted octanol–water partition coefficient (Wildman–Crippen LogP) is 1.86. The first-order chi connectivity index (χ1) is 8.66. The second-order valence-electron chi connectivity index (χ2n) is 3.91. The minimum Gasteiger partial charge on any atom is -0.479 e. The van der Waals surface area contributed by atoms with Crippen LogP contribution in [0.1, 0.15) is 12.5 Å². The van der Waals surface area contributed by atoms with E-state index in [4.69, 9.17) is 9.84 Å². The Bertz CT molecular complexity index is 506.